The minimum atomic E-state index is -0.416. The van der Waals surface area contributed by atoms with Crippen LogP contribution in [0.15, 0.2) is 85.1 Å². The van der Waals surface area contributed by atoms with Gasteiger partial charge < -0.3 is 24.8 Å². The summed E-state index contributed by atoms with van der Waals surface area (Å²) in [5.74, 6) is 2.31. The number of fused-ring (bicyclic) bond motifs is 1. The number of anilines is 3. The number of hydrogen-bond donors (Lipinski definition) is 3. The summed E-state index contributed by atoms with van der Waals surface area (Å²) in [5.41, 5.74) is 2.26. The number of pyridine rings is 1. The molecule has 11 heteroatoms. The van der Waals surface area contributed by atoms with Crippen molar-refractivity contribution < 1.29 is 23.8 Å². The highest BCUT2D eigenvalue weighted by molar-refractivity contribution is 6.07. The molecule has 0 radical (unpaired) electrons. The highest BCUT2D eigenvalue weighted by atomic mass is 16.5. The van der Waals surface area contributed by atoms with Crippen molar-refractivity contribution in [3.05, 3.63) is 90.8 Å². The summed E-state index contributed by atoms with van der Waals surface area (Å²) in [4.78, 5) is 29.4. The first-order chi connectivity index (χ1) is 21.5. The maximum atomic E-state index is 13.3. The summed E-state index contributed by atoms with van der Waals surface area (Å²) >= 11 is 0. The van der Waals surface area contributed by atoms with Crippen molar-refractivity contribution in [2.45, 2.75) is 26.2 Å². The first-order valence-corrected chi connectivity index (χ1v) is 14.2. The zero-order valence-electron chi connectivity index (χ0n) is 24.8. The molecule has 2 aromatic heterocycles. The van der Waals surface area contributed by atoms with E-state index in [4.69, 9.17) is 19.3 Å². The number of carbonyl (C=O) groups excluding carboxylic acids is 2. The van der Waals surface area contributed by atoms with Crippen LogP contribution >= 0.6 is 0 Å². The number of ether oxygens (including phenoxy) is 3. The monoisotopic (exact) mass is 594 g/mol. The molecular formula is C33H34N6O5. The van der Waals surface area contributed by atoms with E-state index in [2.05, 4.69) is 27.9 Å². The number of nitrogens with one attached hydrogen (secondary N) is 3. The van der Waals surface area contributed by atoms with Crippen LogP contribution in [0.3, 0.4) is 0 Å². The second-order valence-corrected chi connectivity index (χ2v) is 9.93. The topological polar surface area (TPSA) is 129 Å². The van der Waals surface area contributed by atoms with Crippen LogP contribution in [-0.4, -0.2) is 47.5 Å². The maximum absolute atomic E-state index is 13.3. The lowest BCUT2D eigenvalue weighted by atomic mass is 10.1. The number of unbranched alkanes of at least 4 members (excludes halogenated alkanes) is 1. The molecule has 0 fully saturated rings. The van der Waals surface area contributed by atoms with Crippen molar-refractivity contribution in [1.29, 1.82) is 0 Å². The van der Waals surface area contributed by atoms with Gasteiger partial charge in [0.1, 0.15) is 35.5 Å². The van der Waals surface area contributed by atoms with E-state index in [1.807, 2.05) is 54.6 Å². The van der Waals surface area contributed by atoms with Crippen LogP contribution in [-0.2, 0) is 16.0 Å². The summed E-state index contributed by atoms with van der Waals surface area (Å²) < 4.78 is 18.1. The molecule has 44 heavy (non-hydrogen) atoms. The molecule has 3 N–H and O–H groups in total. The Kier molecular flexibility index (Phi) is 9.68. The number of urea groups is 1. The Morgan fingerprint density at radius 1 is 0.864 bits per heavy atom. The van der Waals surface area contributed by atoms with Gasteiger partial charge in [-0.05, 0) is 43.2 Å². The van der Waals surface area contributed by atoms with Gasteiger partial charge in [-0.1, -0.05) is 43.7 Å². The summed E-state index contributed by atoms with van der Waals surface area (Å²) in [6.07, 6.45) is 4.37. The molecule has 226 valence electrons. The smallest absolute Gasteiger partial charge is 0.324 e. The highest BCUT2D eigenvalue weighted by Gasteiger charge is 2.16. The molecule has 2 heterocycles. The number of hydrogen-bond acceptors (Lipinski definition) is 7. The first kappa shape index (κ1) is 30.1. The van der Waals surface area contributed by atoms with E-state index in [0.29, 0.717) is 34.6 Å². The van der Waals surface area contributed by atoms with Crippen LogP contribution in [0.25, 0.3) is 16.5 Å². The lowest BCUT2D eigenvalue weighted by Crippen LogP contribution is -2.21. The Hall–Kier alpha value is -5.42. The van der Waals surface area contributed by atoms with Crippen molar-refractivity contribution in [2.75, 3.05) is 36.8 Å². The van der Waals surface area contributed by atoms with Gasteiger partial charge in [-0.15, -0.1) is 0 Å². The number of nitrogens with zero attached hydrogens (tertiary/aromatic N) is 3. The van der Waals surface area contributed by atoms with Gasteiger partial charge in [-0.25, -0.2) is 14.5 Å². The van der Waals surface area contributed by atoms with E-state index >= 15 is 0 Å². The average Bonchev–Trinajstić information content (AvgIpc) is 3.43. The minimum absolute atomic E-state index is 0.0806. The lowest BCUT2D eigenvalue weighted by Gasteiger charge is -2.15. The fourth-order valence-electron chi connectivity index (χ4n) is 4.66. The van der Waals surface area contributed by atoms with Gasteiger partial charge in [0.05, 0.1) is 24.2 Å². The molecule has 5 rings (SSSR count). The van der Waals surface area contributed by atoms with Gasteiger partial charge in [-0.2, -0.15) is 5.10 Å². The molecule has 0 unspecified atom stereocenters. The third-order valence-electron chi connectivity index (χ3n) is 6.72. The van der Waals surface area contributed by atoms with E-state index in [-0.39, 0.29) is 12.5 Å². The summed E-state index contributed by atoms with van der Waals surface area (Å²) in [5, 5.41) is 14.9. The molecule has 3 aromatic carbocycles. The molecular weight excluding hydrogens is 560 g/mol. The Balaban J connectivity index is 1.37. The summed E-state index contributed by atoms with van der Waals surface area (Å²) in [6, 6.07) is 23.5. The molecule has 0 bridgehead atoms. The minimum Gasteiger partial charge on any atom is -0.497 e. The molecule has 0 aliphatic carbocycles. The number of aryl methyl sites for hydroxylation is 1. The Labute approximate surface area is 255 Å². The number of amides is 3. The summed E-state index contributed by atoms with van der Waals surface area (Å²) in [7, 11) is 3.06. The van der Waals surface area contributed by atoms with E-state index in [0.717, 1.165) is 41.4 Å². The standard InChI is InChI=1S/C33H34N6O5/c1-4-5-9-22-18-31(39(38-22)23-10-8-11-24(19-23)43-3)37-33(41)35-28-14-15-29(27-13-7-6-12-26(27)28)44-25-16-17-34-30(20-25)36-32(40)21-42-2/h6-8,10-20H,4-5,9,21H2,1-3H3,(H,34,36,40)(H2,35,37,41). The number of methoxy groups -OCH3 is 2. The van der Waals surface area contributed by atoms with Crippen molar-refractivity contribution in [2.24, 2.45) is 0 Å². The first-order valence-electron chi connectivity index (χ1n) is 14.2. The quantitative estimate of drug-likeness (QED) is 0.145. The van der Waals surface area contributed by atoms with Crippen LogP contribution in [0.1, 0.15) is 25.5 Å². The largest absolute Gasteiger partial charge is 0.497 e. The second kappa shape index (κ2) is 14.2. The van der Waals surface area contributed by atoms with Crippen LogP contribution < -0.4 is 25.4 Å². The molecule has 11 nitrogen and oxygen atoms in total. The Morgan fingerprint density at radius 3 is 2.50 bits per heavy atom. The second-order valence-electron chi connectivity index (χ2n) is 9.93. The fraction of sp³-hybridized carbons (Fsp3) is 0.212. The molecule has 0 spiro atoms. The molecule has 3 amide bonds. The lowest BCUT2D eigenvalue weighted by molar-refractivity contribution is -0.119. The van der Waals surface area contributed by atoms with Crippen LogP contribution in [0.2, 0.25) is 0 Å². The van der Waals surface area contributed by atoms with Crippen molar-refractivity contribution in [3.63, 3.8) is 0 Å². The van der Waals surface area contributed by atoms with Crippen molar-refractivity contribution >= 4 is 40.0 Å². The number of rotatable bonds is 12. The maximum Gasteiger partial charge on any atom is 0.324 e. The van der Waals surface area contributed by atoms with Gasteiger partial charge in [0.15, 0.2) is 0 Å². The number of benzene rings is 3. The highest BCUT2D eigenvalue weighted by Crippen LogP contribution is 2.35. The van der Waals surface area contributed by atoms with E-state index in [1.54, 1.807) is 42.3 Å². The Bertz CT molecular complexity index is 1770. The third kappa shape index (κ3) is 7.31. The summed E-state index contributed by atoms with van der Waals surface area (Å²) in [6.45, 7) is 2.05. The van der Waals surface area contributed by atoms with E-state index in [1.165, 1.54) is 7.11 Å². The van der Waals surface area contributed by atoms with Gasteiger partial charge in [-0.3, -0.25) is 10.1 Å². The normalized spacial score (nSPS) is 10.8. The van der Waals surface area contributed by atoms with Gasteiger partial charge in [0.25, 0.3) is 5.91 Å². The zero-order valence-corrected chi connectivity index (χ0v) is 24.8. The number of carbonyl (C=O) groups is 2. The SMILES string of the molecule is CCCCc1cc(NC(=O)Nc2ccc(Oc3ccnc(NC(=O)COC)c3)c3ccccc23)n(-c2cccc(OC)c2)n1. The van der Waals surface area contributed by atoms with Gasteiger partial charge >= 0.3 is 6.03 Å². The van der Waals surface area contributed by atoms with Gasteiger partial charge in [0, 0.05) is 42.3 Å². The van der Waals surface area contributed by atoms with Crippen LogP contribution in [0, 0.1) is 0 Å². The Morgan fingerprint density at radius 2 is 1.70 bits per heavy atom. The number of aromatic nitrogens is 3. The third-order valence-corrected chi connectivity index (χ3v) is 6.72. The molecule has 0 aliphatic rings. The van der Waals surface area contributed by atoms with E-state index in [9.17, 15) is 9.59 Å². The van der Waals surface area contributed by atoms with E-state index < -0.39 is 6.03 Å². The van der Waals surface area contributed by atoms with Gasteiger partial charge in [0.2, 0.25) is 0 Å². The molecule has 0 saturated heterocycles. The van der Waals surface area contributed by atoms with Crippen LogP contribution in [0.5, 0.6) is 17.2 Å². The van der Waals surface area contributed by atoms with Crippen molar-refractivity contribution in [3.8, 4) is 22.9 Å². The molecule has 0 saturated carbocycles. The zero-order chi connectivity index (χ0) is 30.9. The molecule has 5 aromatic rings. The predicted molar refractivity (Wildman–Crippen MR) is 170 cm³/mol. The fourth-order valence-corrected chi connectivity index (χ4v) is 4.66. The average molecular weight is 595 g/mol. The predicted octanol–water partition coefficient (Wildman–Crippen LogP) is 6.79. The molecule has 0 atom stereocenters. The molecule has 0 aliphatic heterocycles. The van der Waals surface area contributed by atoms with Crippen molar-refractivity contribution in [1.82, 2.24) is 14.8 Å². The van der Waals surface area contributed by atoms with Crippen LogP contribution in [0.4, 0.5) is 22.1 Å².